The van der Waals surface area contributed by atoms with E-state index in [2.05, 4.69) is 36.7 Å². The summed E-state index contributed by atoms with van der Waals surface area (Å²) in [5, 5.41) is 17.8. The number of carbonyl (C=O) groups excluding carboxylic acids is 2. The van der Waals surface area contributed by atoms with Crippen molar-refractivity contribution in [3.8, 4) is 0 Å². The Labute approximate surface area is 106 Å². The molecule has 0 radical (unpaired) electrons. The first kappa shape index (κ1) is 23.7. The van der Waals surface area contributed by atoms with Crippen molar-refractivity contribution in [1.29, 1.82) is 0 Å². The Kier molecular flexibility index (Phi) is 22.1. The van der Waals surface area contributed by atoms with Gasteiger partial charge in [0.05, 0.1) is 0 Å². The van der Waals surface area contributed by atoms with Gasteiger partial charge in [-0.15, -0.1) is 0 Å². The van der Waals surface area contributed by atoms with Crippen molar-refractivity contribution in [3.05, 3.63) is 0 Å². The van der Waals surface area contributed by atoms with E-state index in [0.29, 0.717) is 4.32 Å². The summed E-state index contributed by atoms with van der Waals surface area (Å²) in [4.78, 5) is 17.8. The molecule has 4 nitrogen and oxygen atoms in total. The van der Waals surface area contributed by atoms with E-state index in [9.17, 15) is 0 Å². The zero-order chi connectivity index (χ0) is 11.7. The van der Waals surface area contributed by atoms with Crippen LogP contribution >= 0.6 is 15.9 Å². The van der Waals surface area contributed by atoms with Crippen LogP contribution in [0.3, 0.4) is 0 Å². The SMILES string of the molecule is CC(=O)[O-].CC(=O)[O-].CC(C)(C)Br.[Zn+2]. The summed E-state index contributed by atoms with van der Waals surface area (Å²) < 4.78 is 0.312. The fourth-order valence-electron chi connectivity index (χ4n) is 0. The number of carbonyl (C=O) groups is 2. The van der Waals surface area contributed by atoms with Gasteiger partial charge in [-0.25, -0.2) is 0 Å². The average molecular weight is 320 g/mol. The summed E-state index contributed by atoms with van der Waals surface area (Å²) in [5.74, 6) is -2.17. The van der Waals surface area contributed by atoms with Gasteiger partial charge in [-0.2, -0.15) is 0 Å². The van der Waals surface area contributed by atoms with Crippen LogP contribution in [0.1, 0.15) is 34.6 Å². The summed E-state index contributed by atoms with van der Waals surface area (Å²) in [5.41, 5.74) is 0. The topological polar surface area (TPSA) is 80.3 Å². The van der Waals surface area contributed by atoms with Gasteiger partial charge in [-0.05, 0) is 13.8 Å². The van der Waals surface area contributed by atoms with Gasteiger partial charge < -0.3 is 19.8 Å². The van der Waals surface area contributed by atoms with Crippen molar-refractivity contribution in [3.63, 3.8) is 0 Å². The quantitative estimate of drug-likeness (QED) is 0.453. The van der Waals surface area contributed by atoms with Crippen molar-refractivity contribution in [2.45, 2.75) is 38.9 Å². The molecule has 0 saturated heterocycles. The van der Waals surface area contributed by atoms with E-state index in [4.69, 9.17) is 19.8 Å². The molecule has 0 N–H and O–H groups in total. The predicted molar refractivity (Wildman–Crippen MR) is 50.0 cm³/mol. The summed E-state index contributed by atoms with van der Waals surface area (Å²) >= 11 is 3.38. The maximum absolute atomic E-state index is 8.89. The fraction of sp³-hybridized carbons (Fsp3) is 0.750. The minimum absolute atomic E-state index is 0. The monoisotopic (exact) mass is 318 g/mol. The molecule has 0 aliphatic carbocycles. The Bertz CT molecular complexity index is 128. The number of carboxylic acid groups (broad SMARTS) is 2. The van der Waals surface area contributed by atoms with Crippen molar-refractivity contribution in [2.24, 2.45) is 0 Å². The zero-order valence-electron chi connectivity index (χ0n) is 9.22. The van der Waals surface area contributed by atoms with Crippen LogP contribution in [0.5, 0.6) is 0 Å². The molecule has 6 heteroatoms. The zero-order valence-corrected chi connectivity index (χ0v) is 13.8. The molecule has 80 valence electrons. The Balaban J connectivity index is -0.0000000522. The van der Waals surface area contributed by atoms with Gasteiger partial charge in [-0.3, -0.25) is 0 Å². The molecule has 0 aromatic heterocycles. The van der Waals surface area contributed by atoms with Gasteiger partial charge >= 0.3 is 19.5 Å². The van der Waals surface area contributed by atoms with Crippen LogP contribution in [0.25, 0.3) is 0 Å². The van der Waals surface area contributed by atoms with Gasteiger partial charge in [0.2, 0.25) is 0 Å². The summed E-state index contributed by atoms with van der Waals surface area (Å²) in [6.45, 7) is 8.26. The van der Waals surface area contributed by atoms with Gasteiger partial charge in [-0.1, -0.05) is 36.7 Å². The van der Waals surface area contributed by atoms with Crippen LogP contribution in [0, 0.1) is 0 Å². The molecule has 0 aliphatic rings. The van der Waals surface area contributed by atoms with Crippen molar-refractivity contribution in [2.75, 3.05) is 0 Å². The molecule has 0 unspecified atom stereocenters. The molecule has 0 rings (SSSR count). The second-order valence-electron chi connectivity index (χ2n) is 3.05. The van der Waals surface area contributed by atoms with Gasteiger partial charge in [0.25, 0.3) is 0 Å². The standard InChI is InChI=1S/C4H9Br.2C2H4O2.Zn/c1-4(2,3)5;2*1-2(3)4;/h1-3H3;2*1H3,(H,3,4);/q;;;+2/p-2. The van der Waals surface area contributed by atoms with E-state index < -0.39 is 11.9 Å². The summed E-state index contributed by atoms with van der Waals surface area (Å²) in [6, 6.07) is 0. The third-order valence-electron chi connectivity index (χ3n) is 0. The minimum Gasteiger partial charge on any atom is -0.550 e. The van der Waals surface area contributed by atoms with E-state index in [1.165, 1.54) is 0 Å². The molecular formula is C8H15BrO4Zn. The third-order valence-corrected chi connectivity index (χ3v) is 0. The van der Waals surface area contributed by atoms with E-state index in [1.807, 2.05) is 0 Å². The summed E-state index contributed by atoms with van der Waals surface area (Å²) in [7, 11) is 0. The molecule has 0 amide bonds. The second-order valence-corrected chi connectivity index (χ2v) is 5.43. The van der Waals surface area contributed by atoms with Gasteiger partial charge in [0.1, 0.15) is 0 Å². The Hall–Kier alpha value is 0.0434. The Morgan fingerprint density at radius 1 is 1.00 bits per heavy atom. The number of rotatable bonds is 0. The second kappa shape index (κ2) is 13.0. The smallest absolute Gasteiger partial charge is 0.550 e. The number of hydrogen-bond donors (Lipinski definition) is 0. The number of carboxylic acids is 2. The molecule has 0 fully saturated rings. The van der Waals surface area contributed by atoms with Crippen LogP contribution in [0.15, 0.2) is 0 Å². The average Bonchev–Trinajstić information content (AvgIpc) is 1.50. The summed E-state index contributed by atoms with van der Waals surface area (Å²) in [6.07, 6.45) is 0. The number of aliphatic carboxylic acids is 2. The number of halogens is 1. The van der Waals surface area contributed by atoms with Crippen LogP contribution in [0.2, 0.25) is 0 Å². The molecule has 0 atom stereocenters. The predicted octanol–water partition coefficient (Wildman–Crippen LogP) is -0.310. The van der Waals surface area contributed by atoms with E-state index >= 15 is 0 Å². The van der Waals surface area contributed by atoms with Crippen molar-refractivity contribution in [1.82, 2.24) is 0 Å². The maximum atomic E-state index is 8.89. The molecule has 0 aromatic rings. The van der Waals surface area contributed by atoms with Gasteiger partial charge in [0.15, 0.2) is 0 Å². The first-order valence-corrected chi connectivity index (χ1v) is 4.30. The van der Waals surface area contributed by atoms with E-state index in [-0.39, 0.29) is 19.5 Å². The van der Waals surface area contributed by atoms with Crippen molar-refractivity contribution < 1.29 is 39.3 Å². The molecule has 0 aliphatic heterocycles. The van der Waals surface area contributed by atoms with Gasteiger partial charge in [0, 0.05) is 16.3 Å². The molecule has 0 spiro atoms. The van der Waals surface area contributed by atoms with Crippen LogP contribution < -0.4 is 10.2 Å². The van der Waals surface area contributed by atoms with Crippen LogP contribution in [0.4, 0.5) is 0 Å². The first-order chi connectivity index (χ1) is 5.46. The molecule has 14 heavy (non-hydrogen) atoms. The first-order valence-electron chi connectivity index (χ1n) is 3.51. The largest absolute Gasteiger partial charge is 2.00 e. The third kappa shape index (κ3) is 781000. The molecule has 0 saturated carbocycles. The molecule has 0 heterocycles. The van der Waals surface area contributed by atoms with Crippen LogP contribution in [-0.4, -0.2) is 16.3 Å². The number of alkyl halides is 1. The Morgan fingerprint density at radius 3 is 1.00 bits per heavy atom. The van der Waals surface area contributed by atoms with Crippen molar-refractivity contribution >= 4 is 27.9 Å². The van der Waals surface area contributed by atoms with E-state index in [0.717, 1.165) is 13.8 Å². The fourth-order valence-corrected chi connectivity index (χ4v) is 0. The molecule has 0 aromatic carbocycles. The molecular weight excluding hydrogens is 305 g/mol. The Morgan fingerprint density at radius 2 is 1.00 bits per heavy atom. The minimum atomic E-state index is -1.08. The van der Waals surface area contributed by atoms with E-state index in [1.54, 1.807) is 0 Å². The number of hydrogen-bond acceptors (Lipinski definition) is 4. The normalized spacial score (nSPS) is 7.86. The molecule has 0 bridgehead atoms. The maximum Gasteiger partial charge on any atom is 2.00 e. The van der Waals surface area contributed by atoms with Crippen LogP contribution in [-0.2, 0) is 29.1 Å².